The molecule has 0 saturated heterocycles. The number of nitrogens with one attached hydrogen (secondary N) is 1. The van der Waals surface area contributed by atoms with Crippen LogP contribution in [0.1, 0.15) is 26.7 Å². The molecule has 0 aromatic heterocycles. The van der Waals surface area contributed by atoms with E-state index in [1.54, 1.807) is 26.0 Å². The number of benzene rings is 1. The molecule has 0 spiro atoms. The fourth-order valence-corrected chi connectivity index (χ4v) is 3.47. The third kappa shape index (κ3) is 3.15. The highest BCUT2D eigenvalue weighted by molar-refractivity contribution is 9.10. The van der Waals surface area contributed by atoms with Crippen molar-refractivity contribution in [3.8, 4) is 5.75 Å². The Labute approximate surface area is 126 Å². The second kappa shape index (κ2) is 5.37. The Morgan fingerprint density at radius 3 is 2.65 bits per heavy atom. The van der Waals surface area contributed by atoms with Gasteiger partial charge in [0.1, 0.15) is 10.6 Å². The third-order valence-corrected chi connectivity index (χ3v) is 5.12. The van der Waals surface area contributed by atoms with Crippen molar-refractivity contribution in [2.24, 2.45) is 5.41 Å². The molecule has 0 bridgehead atoms. The maximum absolute atomic E-state index is 12.3. The van der Waals surface area contributed by atoms with E-state index in [1.807, 2.05) is 0 Å². The minimum absolute atomic E-state index is 0.0358. The van der Waals surface area contributed by atoms with Gasteiger partial charge in [-0.2, -0.15) is 0 Å². The van der Waals surface area contributed by atoms with Crippen LogP contribution in [0.3, 0.4) is 0 Å². The monoisotopic (exact) mass is 361 g/mol. The second-order valence-corrected chi connectivity index (χ2v) is 7.59. The zero-order valence-electron chi connectivity index (χ0n) is 11.3. The van der Waals surface area contributed by atoms with E-state index < -0.39 is 21.3 Å². The maximum Gasteiger partial charge on any atom is 0.267 e. The average Bonchev–Trinajstić information content (AvgIpc) is 3.11. The zero-order chi connectivity index (χ0) is 15.0. The standard InChI is InChI=1S/C13H16BrNO4S/c1-3-19-10-5-4-9(14)8-11(10)20(17,18)15-12(16)13(2)6-7-13/h4-5,8H,3,6-7H2,1-2H3,(H,15,16). The van der Waals surface area contributed by atoms with Crippen molar-refractivity contribution < 1.29 is 17.9 Å². The van der Waals surface area contributed by atoms with Crippen molar-refractivity contribution in [3.05, 3.63) is 22.7 Å². The van der Waals surface area contributed by atoms with Crippen molar-refractivity contribution in [1.82, 2.24) is 4.72 Å². The van der Waals surface area contributed by atoms with Gasteiger partial charge in [0, 0.05) is 9.89 Å². The van der Waals surface area contributed by atoms with Crippen LogP contribution in [-0.2, 0) is 14.8 Å². The lowest BCUT2D eigenvalue weighted by Gasteiger charge is -2.14. The molecule has 0 heterocycles. The Bertz CT molecular complexity index is 638. The minimum Gasteiger partial charge on any atom is -0.492 e. The first-order valence-electron chi connectivity index (χ1n) is 6.28. The fourth-order valence-electron chi connectivity index (χ4n) is 1.68. The van der Waals surface area contributed by atoms with E-state index in [2.05, 4.69) is 20.7 Å². The molecule has 0 atom stereocenters. The number of hydrogen-bond acceptors (Lipinski definition) is 4. The lowest BCUT2D eigenvalue weighted by atomic mass is 10.1. The van der Waals surface area contributed by atoms with Crippen molar-refractivity contribution in [2.75, 3.05) is 6.61 Å². The van der Waals surface area contributed by atoms with Gasteiger partial charge in [0.15, 0.2) is 0 Å². The van der Waals surface area contributed by atoms with Crippen LogP contribution in [-0.4, -0.2) is 20.9 Å². The number of rotatable bonds is 5. The molecular weight excluding hydrogens is 346 g/mol. The van der Waals surface area contributed by atoms with Crippen molar-refractivity contribution in [2.45, 2.75) is 31.6 Å². The van der Waals surface area contributed by atoms with E-state index in [0.29, 0.717) is 23.9 Å². The summed E-state index contributed by atoms with van der Waals surface area (Å²) in [4.78, 5) is 11.9. The van der Waals surface area contributed by atoms with Crippen molar-refractivity contribution >= 4 is 31.9 Å². The number of sulfonamides is 1. The summed E-state index contributed by atoms with van der Waals surface area (Å²) in [5, 5.41) is 0. The van der Waals surface area contributed by atoms with Crippen LogP contribution in [0.4, 0.5) is 0 Å². The number of carbonyl (C=O) groups is 1. The highest BCUT2D eigenvalue weighted by Crippen LogP contribution is 2.45. The van der Waals surface area contributed by atoms with Crippen LogP contribution >= 0.6 is 15.9 Å². The third-order valence-electron chi connectivity index (χ3n) is 3.27. The first-order valence-corrected chi connectivity index (χ1v) is 8.56. The van der Waals surface area contributed by atoms with Crippen molar-refractivity contribution in [3.63, 3.8) is 0 Å². The van der Waals surface area contributed by atoms with E-state index in [4.69, 9.17) is 4.74 Å². The smallest absolute Gasteiger partial charge is 0.267 e. The van der Waals surface area contributed by atoms with E-state index >= 15 is 0 Å². The van der Waals surface area contributed by atoms with Gasteiger partial charge >= 0.3 is 0 Å². The minimum atomic E-state index is -3.93. The first kappa shape index (κ1) is 15.3. The first-order chi connectivity index (χ1) is 9.28. The zero-order valence-corrected chi connectivity index (χ0v) is 13.7. The summed E-state index contributed by atoms with van der Waals surface area (Å²) in [6.45, 7) is 3.86. The van der Waals surface area contributed by atoms with Gasteiger partial charge in [-0.3, -0.25) is 4.79 Å². The quantitative estimate of drug-likeness (QED) is 0.873. The molecule has 1 N–H and O–H groups in total. The highest BCUT2D eigenvalue weighted by atomic mass is 79.9. The van der Waals surface area contributed by atoms with Crippen LogP contribution in [0.5, 0.6) is 5.75 Å². The second-order valence-electron chi connectivity index (χ2n) is 5.02. The van der Waals surface area contributed by atoms with Crippen molar-refractivity contribution in [1.29, 1.82) is 0 Å². The average molecular weight is 362 g/mol. The van der Waals surface area contributed by atoms with Gasteiger partial charge in [0.2, 0.25) is 5.91 Å². The molecule has 1 aromatic carbocycles. The molecule has 0 aliphatic heterocycles. The largest absolute Gasteiger partial charge is 0.492 e. The summed E-state index contributed by atoms with van der Waals surface area (Å²) in [5.41, 5.74) is -0.551. The molecule has 1 aliphatic carbocycles. The van der Waals surface area contributed by atoms with Gasteiger partial charge in [0.25, 0.3) is 10.0 Å². The number of hydrogen-bond donors (Lipinski definition) is 1. The Hall–Kier alpha value is -1.08. The predicted molar refractivity (Wildman–Crippen MR) is 78.0 cm³/mol. The summed E-state index contributed by atoms with van der Waals surface area (Å²) in [6, 6.07) is 4.68. The fraction of sp³-hybridized carbons (Fsp3) is 0.462. The Balaban J connectivity index is 2.33. The molecule has 20 heavy (non-hydrogen) atoms. The SMILES string of the molecule is CCOc1ccc(Br)cc1S(=O)(=O)NC(=O)C1(C)CC1. The van der Waals surface area contributed by atoms with Gasteiger partial charge in [-0.25, -0.2) is 13.1 Å². The maximum atomic E-state index is 12.3. The molecule has 0 radical (unpaired) electrons. The summed E-state index contributed by atoms with van der Waals surface area (Å²) < 4.78 is 32.7. The number of carbonyl (C=O) groups excluding carboxylic acids is 1. The number of amides is 1. The molecule has 1 saturated carbocycles. The molecule has 0 unspecified atom stereocenters. The van der Waals surface area contributed by atoms with Gasteiger partial charge < -0.3 is 4.74 Å². The number of halogens is 1. The molecule has 110 valence electrons. The molecular formula is C13H16BrNO4S. The van der Waals surface area contributed by atoms with E-state index in [9.17, 15) is 13.2 Å². The van der Waals surface area contributed by atoms with Crippen LogP contribution in [0.25, 0.3) is 0 Å². The highest BCUT2D eigenvalue weighted by Gasteiger charge is 2.46. The van der Waals surface area contributed by atoms with Crippen LogP contribution in [0.2, 0.25) is 0 Å². The Morgan fingerprint density at radius 2 is 2.10 bits per heavy atom. The van der Waals surface area contributed by atoms with Crippen LogP contribution < -0.4 is 9.46 Å². The van der Waals surface area contributed by atoms with E-state index in [1.165, 1.54) is 6.07 Å². The number of ether oxygens (including phenoxy) is 1. The molecule has 7 heteroatoms. The summed E-state index contributed by atoms with van der Waals surface area (Å²) in [7, 11) is -3.93. The molecule has 5 nitrogen and oxygen atoms in total. The van der Waals surface area contributed by atoms with Crippen LogP contribution in [0.15, 0.2) is 27.6 Å². The van der Waals surface area contributed by atoms with Gasteiger partial charge in [-0.05, 0) is 38.0 Å². The van der Waals surface area contributed by atoms with E-state index in [-0.39, 0.29) is 10.6 Å². The Morgan fingerprint density at radius 1 is 1.45 bits per heavy atom. The predicted octanol–water partition coefficient (Wildman–Crippen LogP) is 2.45. The van der Waals surface area contributed by atoms with Gasteiger partial charge in [-0.15, -0.1) is 0 Å². The lowest BCUT2D eigenvalue weighted by molar-refractivity contribution is -0.123. The summed E-state index contributed by atoms with van der Waals surface area (Å²) in [6.07, 6.45) is 1.43. The summed E-state index contributed by atoms with van der Waals surface area (Å²) in [5.74, 6) is -0.225. The normalized spacial score (nSPS) is 16.6. The topological polar surface area (TPSA) is 72.5 Å². The van der Waals surface area contributed by atoms with Gasteiger partial charge in [-0.1, -0.05) is 22.9 Å². The Kier molecular flexibility index (Phi) is 4.11. The molecule has 1 amide bonds. The summed E-state index contributed by atoms with van der Waals surface area (Å²) >= 11 is 3.23. The molecule has 2 rings (SSSR count). The molecule has 1 fully saturated rings. The van der Waals surface area contributed by atoms with Crippen LogP contribution in [0, 0.1) is 5.41 Å². The lowest BCUT2D eigenvalue weighted by Crippen LogP contribution is -2.35. The van der Waals surface area contributed by atoms with E-state index in [0.717, 1.165) is 0 Å². The molecule has 1 aliphatic rings. The van der Waals surface area contributed by atoms with Gasteiger partial charge in [0.05, 0.1) is 6.61 Å². The molecule has 1 aromatic rings.